The van der Waals surface area contributed by atoms with E-state index in [-0.39, 0.29) is 23.4 Å². The Morgan fingerprint density at radius 2 is 2.03 bits per heavy atom. The maximum Gasteiger partial charge on any atom is 0.490 e. The summed E-state index contributed by atoms with van der Waals surface area (Å²) >= 11 is 3.42. The van der Waals surface area contributed by atoms with Crippen LogP contribution in [0.25, 0.3) is 5.65 Å². The predicted octanol–water partition coefficient (Wildman–Crippen LogP) is 2.15. The van der Waals surface area contributed by atoms with Gasteiger partial charge >= 0.3 is 18.1 Å². The third kappa shape index (κ3) is 5.38. The van der Waals surface area contributed by atoms with E-state index >= 15 is 0 Å². The fourth-order valence-electron chi connectivity index (χ4n) is 3.65. The second kappa shape index (κ2) is 9.45. The standard InChI is InChI=1S/C17H19BrN4O3.C2HF3O2/c18-12-2-1-7-22-10-13(21-14(12)22)15(23)20-9-11-8-17(16(24)25-11)3-5-19-6-4-17;3-2(4,5)1(6)7/h1-2,7,10-11,19H,3-6,8-9H2,(H,20,23);(H,6,7). The van der Waals surface area contributed by atoms with Crippen LogP contribution in [0.2, 0.25) is 0 Å². The number of carbonyl (C=O) groups excluding carboxylic acids is 2. The van der Waals surface area contributed by atoms with Crippen molar-refractivity contribution in [3.8, 4) is 0 Å². The summed E-state index contributed by atoms with van der Waals surface area (Å²) in [7, 11) is 0. The van der Waals surface area contributed by atoms with Gasteiger partial charge in [-0.2, -0.15) is 13.2 Å². The van der Waals surface area contributed by atoms with E-state index in [2.05, 4.69) is 31.5 Å². The van der Waals surface area contributed by atoms with E-state index in [1.165, 1.54) is 0 Å². The van der Waals surface area contributed by atoms with Crippen LogP contribution in [0, 0.1) is 5.41 Å². The molecule has 174 valence electrons. The largest absolute Gasteiger partial charge is 0.490 e. The first kappa shape index (κ1) is 24.0. The summed E-state index contributed by atoms with van der Waals surface area (Å²) in [5.74, 6) is -3.14. The summed E-state index contributed by atoms with van der Waals surface area (Å²) < 4.78 is 39.9. The normalized spacial score (nSPS) is 19.9. The Morgan fingerprint density at radius 3 is 2.62 bits per heavy atom. The van der Waals surface area contributed by atoms with Crippen molar-refractivity contribution >= 4 is 39.4 Å². The Bertz CT molecular complexity index is 1020. The number of aromatic nitrogens is 2. The molecule has 2 saturated heterocycles. The van der Waals surface area contributed by atoms with Crippen LogP contribution in [0.4, 0.5) is 13.2 Å². The average Bonchev–Trinajstić information content (AvgIpc) is 3.29. The quantitative estimate of drug-likeness (QED) is 0.530. The number of nitrogens with zero attached hydrogens (tertiary/aromatic N) is 2. The van der Waals surface area contributed by atoms with Crippen molar-refractivity contribution in [2.24, 2.45) is 5.41 Å². The van der Waals surface area contributed by atoms with Crippen LogP contribution < -0.4 is 10.6 Å². The van der Waals surface area contributed by atoms with Crippen molar-refractivity contribution in [2.45, 2.75) is 31.5 Å². The first-order chi connectivity index (χ1) is 15.0. The number of piperidine rings is 1. The third-order valence-corrected chi connectivity index (χ3v) is 5.91. The van der Waals surface area contributed by atoms with E-state index < -0.39 is 12.1 Å². The van der Waals surface area contributed by atoms with Gasteiger partial charge in [0.1, 0.15) is 11.8 Å². The minimum Gasteiger partial charge on any atom is -0.475 e. The Labute approximate surface area is 188 Å². The molecule has 4 rings (SSSR count). The Balaban J connectivity index is 0.000000360. The molecule has 2 aromatic rings. The van der Waals surface area contributed by atoms with E-state index in [9.17, 15) is 22.8 Å². The van der Waals surface area contributed by atoms with Crippen molar-refractivity contribution in [1.82, 2.24) is 20.0 Å². The number of hydrogen-bond acceptors (Lipinski definition) is 6. The molecule has 1 atom stereocenters. The molecule has 2 aliphatic heterocycles. The monoisotopic (exact) mass is 520 g/mol. The number of alkyl halides is 3. The molecule has 0 saturated carbocycles. The van der Waals surface area contributed by atoms with Gasteiger partial charge in [-0.15, -0.1) is 0 Å². The molecule has 0 aliphatic carbocycles. The zero-order valence-electron chi connectivity index (χ0n) is 16.6. The van der Waals surface area contributed by atoms with Gasteiger partial charge in [-0.1, -0.05) is 0 Å². The van der Waals surface area contributed by atoms with E-state index in [1.807, 2.05) is 18.3 Å². The van der Waals surface area contributed by atoms with E-state index in [1.54, 1.807) is 10.6 Å². The van der Waals surface area contributed by atoms with Crippen molar-refractivity contribution in [3.63, 3.8) is 0 Å². The number of ether oxygens (including phenoxy) is 1. The number of amides is 1. The number of nitrogens with one attached hydrogen (secondary N) is 2. The number of rotatable bonds is 3. The summed E-state index contributed by atoms with van der Waals surface area (Å²) in [5.41, 5.74) is 0.663. The summed E-state index contributed by atoms with van der Waals surface area (Å²) in [6.07, 6.45) is 0.449. The van der Waals surface area contributed by atoms with Crippen LogP contribution in [0.3, 0.4) is 0 Å². The number of pyridine rings is 1. The minimum atomic E-state index is -5.08. The van der Waals surface area contributed by atoms with Gasteiger partial charge in [-0.25, -0.2) is 9.78 Å². The Morgan fingerprint density at radius 1 is 1.38 bits per heavy atom. The highest BCUT2D eigenvalue weighted by Gasteiger charge is 2.49. The zero-order chi connectivity index (χ0) is 23.5. The van der Waals surface area contributed by atoms with Crippen molar-refractivity contribution in [2.75, 3.05) is 19.6 Å². The fourth-order valence-corrected chi connectivity index (χ4v) is 4.10. The highest BCUT2D eigenvalue weighted by Crippen LogP contribution is 2.41. The summed E-state index contributed by atoms with van der Waals surface area (Å²) in [5, 5.41) is 13.2. The van der Waals surface area contributed by atoms with Gasteiger partial charge in [0.2, 0.25) is 0 Å². The van der Waals surface area contributed by atoms with Gasteiger partial charge in [-0.3, -0.25) is 9.59 Å². The summed E-state index contributed by atoms with van der Waals surface area (Å²) in [6.45, 7) is 1.99. The number of hydrogen-bond donors (Lipinski definition) is 3. The van der Waals surface area contributed by atoms with Crippen molar-refractivity contribution in [3.05, 3.63) is 34.7 Å². The van der Waals surface area contributed by atoms with E-state index in [0.29, 0.717) is 24.3 Å². The molecule has 0 radical (unpaired) electrons. The van der Waals surface area contributed by atoms with Crippen LogP contribution in [-0.2, 0) is 14.3 Å². The number of imidazole rings is 1. The second-order valence-electron chi connectivity index (χ2n) is 7.49. The number of carbonyl (C=O) groups is 3. The predicted molar refractivity (Wildman–Crippen MR) is 108 cm³/mol. The lowest BCUT2D eigenvalue weighted by Gasteiger charge is -2.29. The van der Waals surface area contributed by atoms with Crippen LogP contribution in [0.15, 0.2) is 29.0 Å². The number of aliphatic carboxylic acids is 1. The van der Waals surface area contributed by atoms with Gasteiger partial charge in [0.25, 0.3) is 5.91 Å². The molecule has 13 heteroatoms. The maximum atomic E-state index is 12.4. The fraction of sp³-hybridized carbons (Fsp3) is 0.474. The van der Waals surface area contributed by atoms with Crippen LogP contribution in [0.1, 0.15) is 29.8 Å². The number of halogens is 4. The SMILES string of the molecule is O=C(NCC1CC2(CCNCC2)C(=O)O1)c1cn2cccc(Br)c2n1.O=C(O)C(F)(F)F. The molecule has 3 N–H and O–H groups in total. The molecule has 2 fully saturated rings. The van der Waals surface area contributed by atoms with Crippen LogP contribution in [-0.4, -0.2) is 64.3 Å². The molecule has 1 amide bonds. The van der Waals surface area contributed by atoms with Gasteiger partial charge in [-0.05, 0) is 54.0 Å². The lowest BCUT2D eigenvalue weighted by atomic mass is 9.76. The number of esters is 1. The van der Waals surface area contributed by atoms with Gasteiger partial charge < -0.3 is 24.9 Å². The minimum absolute atomic E-state index is 0.120. The van der Waals surface area contributed by atoms with Gasteiger partial charge in [0, 0.05) is 18.8 Å². The number of carboxylic acid groups (broad SMARTS) is 1. The topological polar surface area (TPSA) is 122 Å². The molecule has 4 heterocycles. The number of cyclic esters (lactones) is 1. The lowest BCUT2D eigenvalue weighted by Crippen LogP contribution is -2.39. The molecule has 1 spiro atoms. The molecule has 2 aliphatic rings. The maximum absolute atomic E-state index is 12.4. The summed E-state index contributed by atoms with van der Waals surface area (Å²) in [6, 6.07) is 3.75. The van der Waals surface area contributed by atoms with Crippen molar-refractivity contribution < 1.29 is 37.4 Å². The second-order valence-corrected chi connectivity index (χ2v) is 8.34. The first-order valence-electron chi connectivity index (χ1n) is 9.65. The van der Waals surface area contributed by atoms with Gasteiger partial charge in [0.15, 0.2) is 5.65 Å². The molecule has 32 heavy (non-hydrogen) atoms. The smallest absolute Gasteiger partial charge is 0.475 e. The van der Waals surface area contributed by atoms with E-state index in [4.69, 9.17) is 14.6 Å². The van der Waals surface area contributed by atoms with E-state index in [0.717, 1.165) is 30.4 Å². The highest BCUT2D eigenvalue weighted by atomic mass is 79.9. The summed E-state index contributed by atoms with van der Waals surface area (Å²) in [4.78, 5) is 37.9. The highest BCUT2D eigenvalue weighted by molar-refractivity contribution is 9.10. The van der Waals surface area contributed by atoms with Crippen molar-refractivity contribution in [1.29, 1.82) is 0 Å². The Hall–Kier alpha value is -2.67. The average molecular weight is 521 g/mol. The molecule has 9 nitrogen and oxygen atoms in total. The number of carboxylic acids is 1. The number of fused-ring (bicyclic) bond motifs is 1. The van der Waals surface area contributed by atoms with Gasteiger partial charge in [0.05, 0.1) is 16.4 Å². The molecule has 0 aromatic carbocycles. The van der Waals surface area contributed by atoms with Crippen LogP contribution in [0.5, 0.6) is 0 Å². The first-order valence-corrected chi connectivity index (χ1v) is 10.4. The van der Waals surface area contributed by atoms with Crippen LogP contribution >= 0.6 is 15.9 Å². The Kier molecular flexibility index (Phi) is 7.08. The zero-order valence-corrected chi connectivity index (χ0v) is 18.2. The molecular formula is C19H20BrF3N4O5. The third-order valence-electron chi connectivity index (χ3n) is 5.29. The molecule has 1 unspecified atom stereocenters. The lowest BCUT2D eigenvalue weighted by molar-refractivity contribution is -0.192. The molecule has 2 aromatic heterocycles. The molecular weight excluding hydrogens is 501 g/mol. The molecule has 0 bridgehead atoms.